The van der Waals surface area contributed by atoms with Crippen molar-refractivity contribution >= 4 is 22.7 Å². The van der Waals surface area contributed by atoms with Gasteiger partial charge in [-0.25, -0.2) is 4.98 Å². The number of rotatable bonds is 3. The number of ketones is 1. The monoisotopic (exact) mass is 468 g/mol. The second-order valence-corrected chi connectivity index (χ2v) is 9.04. The Balaban J connectivity index is 1.18. The van der Waals surface area contributed by atoms with Gasteiger partial charge in [-0.2, -0.15) is 0 Å². The molecular formula is C27H24N4O4. The first-order valence-corrected chi connectivity index (χ1v) is 11.6. The van der Waals surface area contributed by atoms with Gasteiger partial charge in [0.1, 0.15) is 28.4 Å². The minimum atomic E-state index is -0.585. The van der Waals surface area contributed by atoms with Crippen molar-refractivity contribution in [1.82, 2.24) is 19.9 Å². The van der Waals surface area contributed by atoms with Gasteiger partial charge in [-0.1, -0.05) is 12.1 Å². The number of benzene rings is 2. The first-order valence-electron chi connectivity index (χ1n) is 11.6. The summed E-state index contributed by atoms with van der Waals surface area (Å²) in [5, 5.41) is 0. The highest BCUT2D eigenvalue weighted by atomic mass is 16.5. The van der Waals surface area contributed by atoms with Crippen molar-refractivity contribution in [1.29, 1.82) is 0 Å². The third kappa shape index (κ3) is 3.71. The van der Waals surface area contributed by atoms with E-state index in [0.29, 0.717) is 60.8 Å². The average molecular weight is 469 g/mol. The van der Waals surface area contributed by atoms with Gasteiger partial charge in [-0.15, -0.1) is 0 Å². The van der Waals surface area contributed by atoms with E-state index in [1.54, 1.807) is 25.4 Å². The summed E-state index contributed by atoms with van der Waals surface area (Å²) in [5.74, 6) is 1.75. The van der Waals surface area contributed by atoms with Gasteiger partial charge in [0.25, 0.3) is 5.91 Å². The summed E-state index contributed by atoms with van der Waals surface area (Å²) in [6.45, 7) is 1.04. The molecule has 0 bridgehead atoms. The molecule has 0 unspecified atom stereocenters. The Morgan fingerprint density at radius 2 is 1.97 bits per heavy atom. The van der Waals surface area contributed by atoms with Crippen LogP contribution >= 0.6 is 0 Å². The molecule has 1 amide bonds. The molecule has 2 aromatic heterocycles. The average Bonchev–Trinajstić information content (AvgIpc) is 3.32. The molecule has 4 heterocycles. The number of hydrogen-bond acceptors (Lipinski definition) is 6. The van der Waals surface area contributed by atoms with E-state index in [2.05, 4.69) is 15.0 Å². The first kappa shape index (κ1) is 21.3. The Morgan fingerprint density at radius 1 is 1.11 bits per heavy atom. The summed E-state index contributed by atoms with van der Waals surface area (Å²) in [7, 11) is 1.55. The molecule has 0 atom stereocenters. The predicted molar refractivity (Wildman–Crippen MR) is 130 cm³/mol. The third-order valence-electron chi connectivity index (χ3n) is 6.89. The van der Waals surface area contributed by atoms with Crippen molar-refractivity contribution in [3.63, 3.8) is 0 Å². The number of Topliss-reactive ketones (excluding diaryl/α,β-unsaturated/α-hetero) is 1. The number of likely N-dealkylation sites (tertiary alicyclic amines) is 1. The van der Waals surface area contributed by atoms with Gasteiger partial charge >= 0.3 is 0 Å². The van der Waals surface area contributed by atoms with E-state index >= 15 is 0 Å². The van der Waals surface area contributed by atoms with Crippen LogP contribution in [0.3, 0.4) is 0 Å². The molecule has 0 saturated carbocycles. The highest BCUT2D eigenvalue weighted by Crippen LogP contribution is 2.42. The highest BCUT2D eigenvalue weighted by molar-refractivity contribution is 6.03. The van der Waals surface area contributed by atoms with Crippen molar-refractivity contribution in [2.24, 2.45) is 0 Å². The number of carbonyl (C=O) groups excluding carboxylic acids is 2. The van der Waals surface area contributed by atoms with Crippen LogP contribution in [0.25, 0.3) is 22.6 Å². The number of aromatic nitrogens is 3. The second-order valence-electron chi connectivity index (χ2n) is 9.04. The van der Waals surface area contributed by atoms with Crippen LogP contribution in [0.4, 0.5) is 0 Å². The van der Waals surface area contributed by atoms with Crippen LogP contribution in [-0.2, 0) is 0 Å². The Labute approximate surface area is 201 Å². The van der Waals surface area contributed by atoms with Gasteiger partial charge in [0.2, 0.25) is 0 Å². The molecule has 2 aliphatic rings. The number of fused-ring (bicyclic) bond motifs is 2. The van der Waals surface area contributed by atoms with Gasteiger partial charge in [0.05, 0.1) is 24.6 Å². The fourth-order valence-corrected chi connectivity index (χ4v) is 5.04. The summed E-state index contributed by atoms with van der Waals surface area (Å²) in [4.78, 5) is 40.3. The van der Waals surface area contributed by atoms with E-state index in [1.165, 1.54) is 0 Å². The van der Waals surface area contributed by atoms with Crippen molar-refractivity contribution in [3.8, 4) is 23.0 Å². The van der Waals surface area contributed by atoms with Crippen LogP contribution in [0.5, 0.6) is 11.5 Å². The molecule has 1 spiro atoms. The number of imidazole rings is 1. The van der Waals surface area contributed by atoms with Crippen LogP contribution in [0.2, 0.25) is 0 Å². The van der Waals surface area contributed by atoms with Crippen molar-refractivity contribution in [2.75, 3.05) is 20.2 Å². The zero-order chi connectivity index (χ0) is 24.0. The largest absolute Gasteiger partial charge is 0.496 e. The summed E-state index contributed by atoms with van der Waals surface area (Å²) in [5.41, 5.74) is 2.84. The van der Waals surface area contributed by atoms with Gasteiger partial charge in [0, 0.05) is 37.7 Å². The number of ether oxygens (including phenoxy) is 2. The molecule has 1 saturated heterocycles. The zero-order valence-electron chi connectivity index (χ0n) is 19.3. The van der Waals surface area contributed by atoms with Crippen LogP contribution in [0.1, 0.15) is 40.0 Å². The lowest BCUT2D eigenvalue weighted by atomic mass is 9.82. The Hall–Kier alpha value is -4.20. The number of H-pyrrole nitrogens is 1. The Bertz CT molecular complexity index is 1440. The van der Waals surface area contributed by atoms with E-state index in [1.807, 2.05) is 47.4 Å². The minimum absolute atomic E-state index is 0.0249. The second kappa shape index (κ2) is 8.23. The van der Waals surface area contributed by atoms with E-state index in [4.69, 9.17) is 9.47 Å². The molecule has 8 nitrogen and oxygen atoms in total. The number of aromatic amines is 1. The van der Waals surface area contributed by atoms with Crippen molar-refractivity contribution < 1.29 is 19.1 Å². The van der Waals surface area contributed by atoms with E-state index in [9.17, 15) is 9.59 Å². The summed E-state index contributed by atoms with van der Waals surface area (Å²) in [6, 6.07) is 16.6. The first-order chi connectivity index (χ1) is 17.0. The van der Waals surface area contributed by atoms with Crippen molar-refractivity contribution in [2.45, 2.75) is 24.9 Å². The number of amides is 1. The standard InChI is InChI=1S/C27H24N4O4/c1-34-22-6-4-7-23-24(22)21(32)16-27(35-23)10-13-31(14-11-27)26(33)17-8-9-18-20(15-17)30-25(29-18)19-5-2-3-12-28-19/h2-9,12,15H,10-11,13-14,16H2,1H3,(H,29,30). The number of nitrogens with one attached hydrogen (secondary N) is 1. The highest BCUT2D eigenvalue weighted by Gasteiger charge is 2.44. The van der Waals surface area contributed by atoms with Crippen LogP contribution in [0.15, 0.2) is 60.8 Å². The quantitative estimate of drug-likeness (QED) is 0.482. The lowest BCUT2D eigenvalue weighted by molar-refractivity contribution is -0.00599. The zero-order valence-corrected chi connectivity index (χ0v) is 19.3. The van der Waals surface area contributed by atoms with Gasteiger partial charge in [-0.05, 0) is 42.5 Å². The van der Waals surface area contributed by atoms with Crippen LogP contribution in [0, 0.1) is 0 Å². The fraction of sp³-hybridized carbons (Fsp3) is 0.259. The molecule has 2 aromatic carbocycles. The summed E-state index contributed by atoms with van der Waals surface area (Å²) < 4.78 is 11.7. The summed E-state index contributed by atoms with van der Waals surface area (Å²) in [6.07, 6.45) is 3.20. The van der Waals surface area contributed by atoms with Gasteiger partial charge in [-0.3, -0.25) is 14.6 Å². The number of carbonyl (C=O) groups is 2. The Morgan fingerprint density at radius 3 is 2.74 bits per heavy atom. The molecule has 176 valence electrons. The minimum Gasteiger partial charge on any atom is -0.496 e. The third-order valence-corrected chi connectivity index (χ3v) is 6.89. The molecule has 0 aliphatic carbocycles. The maximum atomic E-state index is 13.3. The maximum Gasteiger partial charge on any atom is 0.253 e. The number of methoxy groups -OCH3 is 1. The SMILES string of the molecule is COc1cccc2c1C(=O)CC1(CCN(C(=O)c3ccc4nc(-c5ccccn5)[nH]c4c3)CC1)O2. The number of pyridine rings is 1. The fourth-order valence-electron chi connectivity index (χ4n) is 5.04. The number of nitrogens with zero attached hydrogens (tertiary/aromatic N) is 3. The topological polar surface area (TPSA) is 97.4 Å². The maximum absolute atomic E-state index is 13.3. The predicted octanol–water partition coefficient (Wildman–Crippen LogP) is 4.27. The Kier molecular flexibility index (Phi) is 5.02. The molecule has 35 heavy (non-hydrogen) atoms. The lowest BCUT2D eigenvalue weighted by Crippen LogP contribution is -2.52. The summed E-state index contributed by atoms with van der Waals surface area (Å²) >= 11 is 0. The molecule has 1 N–H and O–H groups in total. The molecule has 0 radical (unpaired) electrons. The van der Waals surface area contributed by atoms with Crippen LogP contribution in [-0.4, -0.2) is 57.3 Å². The normalized spacial score (nSPS) is 16.7. The van der Waals surface area contributed by atoms with Crippen molar-refractivity contribution in [3.05, 3.63) is 71.9 Å². The number of hydrogen-bond donors (Lipinski definition) is 1. The van der Waals surface area contributed by atoms with Gasteiger partial charge in [0.15, 0.2) is 11.6 Å². The molecule has 8 heteroatoms. The molecule has 4 aromatic rings. The lowest BCUT2D eigenvalue weighted by Gasteiger charge is -2.44. The number of piperidine rings is 1. The molecule has 6 rings (SSSR count). The van der Waals surface area contributed by atoms with E-state index in [0.717, 1.165) is 16.7 Å². The van der Waals surface area contributed by atoms with E-state index in [-0.39, 0.29) is 11.7 Å². The van der Waals surface area contributed by atoms with E-state index < -0.39 is 5.60 Å². The smallest absolute Gasteiger partial charge is 0.253 e. The van der Waals surface area contributed by atoms with Crippen LogP contribution < -0.4 is 9.47 Å². The molecular weight excluding hydrogens is 444 g/mol. The molecule has 2 aliphatic heterocycles. The van der Waals surface area contributed by atoms with Gasteiger partial charge < -0.3 is 19.4 Å². The molecule has 1 fully saturated rings.